The first kappa shape index (κ1) is 18.8. The summed E-state index contributed by atoms with van der Waals surface area (Å²) >= 11 is 0. The van der Waals surface area contributed by atoms with Gasteiger partial charge >= 0.3 is 0 Å². The smallest absolute Gasteiger partial charge is 0.271 e. The van der Waals surface area contributed by atoms with Crippen molar-refractivity contribution in [2.45, 2.75) is 13.8 Å². The van der Waals surface area contributed by atoms with Crippen LogP contribution in [0, 0.1) is 22.9 Å². The molecule has 136 valence electrons. The molecule has 2 aromatic rings. The van der Waals surface area contributed by atoms with E-state index in [4.69, 9.17) is 0 Å². The van der Waals surface area contributed by atoms with Crippen molar-refractivity contribution in [3.63, 3.8) is 0 Å². The number of nitro groups is 1. The molecule has 0 unspecified atom stereocenters. The number of aryl methyl sites for hydroxylation is 1. The lowest BCUT2D eigenvalue weighted by atomic mass is 10.2. The van der Waals surface area contributed by atoms with Crippen molar-refractivity contribution in [3.8, 4) is 0 Å². The number of rotatable bonds is 6. The van der Waals surface area contributed by atoms with Crippen molar-refractivity contribution < 1.29 is 18.9 Å². The molecule has 0 radical (unpaired) electrons. The zero-order chi connectivity index (χ0) is 19.3. The third-order valence-corrected chi connectivity index (χ3v) is 3.44. The number of benzene rings is 2. The summed E-state index contributed by atoms with van der Waals surface area (Å²) in [6.45, 7) is 2.83. The molecular formula is C17H17FN4O4. The predicted molar refractivity (Wildman–Crippen MR) is 95.7 cm³/mol. The van der Waals surface area contributed by atoms with Gasteiger partial charge in [-0.3, -0.25) is 19.7 Å². The lowest BCUT2D eigenvalue weighted by Gasteiger charge is -2.11. The predicted octanol–water partition coefficient (Wildman–Crippen LogP) is 3.05. The summed E-state index contributed by atoms with van der Waals surface area (Å²) in [5, 5.41) is 18.5. The largest absolute Gasteiger partial charge is 0.376 e. The fourth-order valence-electron chi connectivity index (χ4n) is 2.16. The van der Waals surface area contributed by atoms with Gasteiger partial charge in [0, 0.05) is 24.7 Å². The number of carbonyl (C=O) groups excluding carboxylic acids is 2. The van der Waals surface area contributed by atoms with Crippen molar-refractivity contribution in [1.82, 2.24) is 0 Å². The number of nitrogens with one attached hydrogen (secondary N) is 3. The van der Waals surface area contributed by atoms with E-state index in [0.717, 1.165) is 6.07 Å². The van der Waals surface area contributed by atoms with E-state index in [1.807, 2.05) is 0 Å². The molecule has 0 spiro atoms. The van der Waals surface area contributed by atoms with E-state index < -0.39 is 22.6 Å². The Labute approximate surface area is 148 Å². The summed E-state index contributed by atoms with van der Waals surface area (Å²) in [7, 11) is 0. The Bertz CT molecular complexity index is 870. The number of nitro benzene ring substituents is 1. The van der Waals surface area contributed by atoms with Crippen LogP contribution in [0.5, 0.6) is 0 Å². The van der Waals surface area contributed by atoms with Crippen LogP contribution in [0.2, 0.25) is 0 Å². The first-order chi connectivity index (χ1) is 12.3. The lowest BCUT2D eigenvalue weighted by Crippen LogP contribution is -2.22. The molecule has 0 heterocycles. The number of nitrogens with zero attached hydrogens (tertiary/aromatic N) is 1. The highest BCUT2D eigenvalue weighted by atomic mass is 19.1. The molecule has 0 atom stereocenters. The summed E-state index contributed by atoms with van der Waals surface area (Å²) in [5.74, 6) is -1.44. The topological polar surface area (TPSA) is 113 Å². The quantitative estimate of drug-likeness (QED) is 0.541. The molecule has 8 nitrogen and oxygen atoms in total. The molecule has 0 aliphatic heterocycles. The summed E-state index contributed by atoms with van der Waals surface area (Å²) in [4.78, 5) is 33.4. The van der Waals surface area contributed by atoms with Gasteiger partial charge in [0.15, 0.2) is 0 Å². The molecule has 26 heavy (non-hydrogen) atoms. The molecule has 0 bridgehead atoms. The maximum atomic E-state index is 13.6. The minimum absolute atomic E-state index is 0.00237. The van der Waals surface area contributed by atoms with Crippen LogP contribution in [0.15, 0.2) is 36.4 Å². The highest BCUT2D eigenvalue weighted by Gasteiger charge is 2.11. The minimum Gasteiger partial charge on any atom is -0.376 e. The number of amides is 2. The second-order valence-electron chi connectivity index (χ2n) is 5.53. The van der Waals surface area contributed by atoms with Crippen LogP contribution < -0.4 is 16.0 Å². The number of halogens is 1. The van der Waals surface area contributed by atoms with Gasteiger partial charge in [0.05, 0.1) is 22.8 Å². The number of non-ortho nitro benzene ring substituents is 1. The Balaban J connectivity index is 2.02. The normalized spacial score (nSPS) is 10.1. The Hall–Kier alpha value is -3.49. The Morgan fingerprint density at radius 1 is 1.12 bits per heavy atom. The average molecular weight is 360 g/mol. The van der Waals surface area contributed by atoms with Crippen LogP contribution in [0.3, 0.4) is 0 Å². The maximum absolute atomic E-state index is 13.6. The fourth-order valence-corrected chi connectivity index (χ4v) is 2.16. The summed E-state index contributed by atoms with van der Waals surface area (Å²) in [6, 6.07) is 8.12. The third kappa shape index (κ3) is 5.00. The van der Waals surface area contributed by atoms with Crippen LogP contribution in [0.4, 0.5) is 27.1 Å². The van der Waals surface area contributed by atoms with Crippen molar-refractivity contribution in [3.05, 3.63) is 57.9 Å². The van der Waals surface area contributed by atoms with E-state index in [1.165, 1.54) is 31.2 Å². The number of hydrogen-bond donors (Lipinski definition) is 3. The van der Waals surface area contributed by atoms with E-state index in [9.17, 15) is 24.1 Å². The van der Waals surface area contributed by atoms with Crippen molar-refractivity contribution >= 4 is 34.6 Å². The Morgan fingerprint density at radius 2 is 1.85 bits per heavy atom. The Morgan fingerprint density at radius 3 is 2.50 bits per heavy atom. The number of hydrogen-bond acceptors (Lipinski definition) is 5. The number of anilines is 3. The highest BCUT2D eigenvalue weighted by molar-refractivity contribution is 5.95. The van der Waals surface area contributed by atoms with Crippen LogP contribution in [0.25, 0.3) is 0 Å². The molecule has 2 rings (SSSR count). The van der Waals surface area contributed by atoms with Crippen molar-refractivity contribution in [1.29, 1.82) is 0 Å². The van der Waals surface area contributed by atoms with Crippen molar-refractivity contribution in [2.75, 3.05) is 22.5 Å². The zero-order valence-corrected chi connectivity index (χ0v) is 14.1. The molecule has 0 aliphatic carbocycles. The third-order valence-electron chi connectivity index (χ3n) is 3.44. The molecule has 2 aromatic carbocycles. The Kier molecular flexibility index (Phi) is 5.84. The molecule has 9 heteroatoms. The molecular weight excluding hydrogens is 343 g/mol. The molecule has 0 saturated carbocycles. The lowest BCUT2D eigenvalue weighted by molar-refractivity contribution is -0.384. The van der Waals surface area contributed by atoms with Gasteiger partial charge in [-0.15, -0.1) is 0 Å². The van der Waals surface area contributed by atoms with Gasteiger partial charge in [-0.05, 0) is 30.7 Å². The molecule has 0 aliphatic rings. The van der Waals surface area contributed by atoms with E-state index in [-0.39, 0.29) is 17.9 Å². The summed E-state index contributed by atoms with van der Waals surface area (Å²) in [6.07, 6.45) is 0. The molecule has 0 fully saturated rings. The van der Waals surface area contributed by atoms with E-state index in [1.54, 1.807) is 13.0 Å². The van der Waals surface area contributed by atoms with Crippen LogP contribution in [-0.4, -0.2) is 23.3 Å². The van der Waals surface area contributed by atoms with Crippen LogP contribution in [0.1, 0.15) is 12.5 Å². The van der Waals surface area contributed by atoms with Gasteiger partial charge in [-0.1, -0.05) is 6.07 Å². The average Bonchev–Trinajstić information content (AvgIpc) is 2.57. The highest BCUT2D eigenvalue weighted by Crippen LogP contribution is 2.22. The fraction of sp³-hybridized carbons (Fsp3) is 0.176. The van der Waals surface area contributed by atoms with E-state index >= 15 is 0 Å². The van der Waals surface area contributed by atoms with Gasteiger partial charge in [0.25, 0.3) is 5.69 Å². The molecule has 3 N–H and O–H groups in total. The maximum Gasteiger partial charge on any atom is 0.271 e. The first-order valence-corrected chi connectivity index (χ1v) is 7.62. The molecule has 0 aromatic heterocycles. The second-order valence-corrected chi connectivity index (χ2v) is 5.53. The monoisotopic (exact) mass is 360 g/mol. The van der Waals surface area contributed by atoms with E-state index in [2.05, 4.69) is 16.0 Å². The SMILES string of the molecule is CC(=O)Nc1cc(NCC(=O)Nc2cc([N+](=O)[O-])ccc2C)ccc1F. The van der Waals surface area contributed by atoms with Crippen LogP contribution in [-0.2, 0) is 9.59 Å². The van der Waals surface area contributed by atoms with Crippen molar-refractivity contribution in [2.24, 2.45) is 0 Å². The number of carbonyl (C=O) groups is 2. The molecule has 0 saturated heterocycles. The van der Waals surface area contributed by atoms with Gasteiger partial charge in [0.1, 0.15) is 5.82 Å². The van der Waals surface area contributed by atoms with Gasteiger partial charge < -0.3 is 16.0 Å². The van der Waals surface area contributed by atoms with Gasteiger partial charge in [0.2, 0.25) is 11.8 Å². The first-order valence-electron chi connectivity index (χ1n) is 7.62. The standard InChI is InChI=1S/C17H17FN4O4/c1-10-3-5-13(22(25)26)8-15(10)21-17(24)9-19-12-4-6-14(18)16(7-12)20-11(2)23/h3-8,19H,9H2,1-2H3,(H,20,23)(H,21,24). The second kappa shape index (κ2) is 8.06. The zero-order valence-electron chi connectivity index (χ0n) is 14.1. The van der Waals surface area contributed by atoms with Crippen LogP contribution >= 0.6 is 0 Å². The minimum atomic E-state index is -0.595. The summed E-state index contributed by atoms with van der Waals surface area (Å²) in [5.41, 5.74) is 1.32. The van der Waals surface area contributed by atoms with Gasteiger partial charge in [-0.2, -0.15) is 0 Å². The van der Waals surface area contributed by atoms with E-state index in [0.29, 0.717) is 16.9 Å². The summed E-state index contributed by atoms with van der Waals surface area (Å²) < 4.78 is 13.6. The molecule has 2 amide bonds. The van der Waals surface area contributed by atoms with Gasteiger partial charge in [-0.25, -0.2) is 4.39 Å².